The van der Waals surface area contributed by atoms with Crippen LogP contribution in [0.3, 0.4) is 0 Å². The number of hydrogen-bond acceptors (Lipinski definition) is 4. The molecule has 0 fully saturated rings. The Hall–Kier alpha value is -0.650. The molecule has 0 bridgehead atoms. The van der Waals surface area contributed by atoms with E-state index in [0.717, 1.165) is 0 Å². The fourth-order valence-electron chi connectivity index (χ4n) is 0.541. The number of ether oxygens (including phenoxy) is 1. The Kier molecular flexibility index (Phi) is 4.80. The predicted octanol–water partition coefficient (Wildman–Crippen LogP) is -0.846. The number of hydrogen-bond donors (Lipinski definition) is 3. The second kappa shape index (κ2) is 5.08. The summed E-state index contributed by atoms with van der Waals surface area (Å²) < 4.78 is 5.14. The van der Waals surface area contributed by atoms with Crippen LogP contribution in [0.25, 0.3) is 0 Å². The van der Waals surface area contributed by atoms with Crippen LogP contribution in [0, 0.1) is 0 Å². The lowest BCUT2D eigenvalue weighted by atomic mass is 10.1. The molecule has 0 saturated heterocycles. The van der Waals surface area contributed by atoms with Crippen molar-refractivity contribution in [3.05, 3.63) is 0 Å². The lowest BCUT2D eigenvalue weighted by Crippen LogP contribution is -2.39. The first-order valence-electron chi connectivity index (χ1n) is 3.82. The van der Waals surface area contributed by atoms with Gasteiger partial charge in [0.1, 0.15) is 6.61 Å². The first-order valence-corrected chi connectivity index (χ1v) is 3.82. The van der Waals surface area contributed by atoms with Gasteiger partial charge < -0.3 is 9.84 Å². The average Bonchev–Trinajstić information content (AvgIpc) is 2.13. The number of amides is 1. The SMILES string of the molecule is CCC(C)(CO)OCC(=O)NN. The van der Waals surface area contributed by atoms with E-state index in [2.05, 4.69) is 0 Å². The Bertz CT molecular complexity index is 146. The van der Waals surface area contributed by atoms with Gasteiger partial charge in [-0.3, -0.25) is 10.2 Å². The normalized spacial score (nSPS) is 15.3. The first kappa shape index (κ1) is 11.4. The summed E-state index contributed by atoms with van der Waals surface area (Å²) in [6, 6.07) is 0. The van der Waals surface area contributed by atoms with Crippen molar-refractivity contribution in [1.29, 1.82) is 0 Å². The fraction of sp³-hybridized carbons (Fsp3) is 0.857. The molecule has 0 rings (SSSR count). The van der Waals surface area contributed by atoms with Crippen molar-refractivity contribution in [2.24, 2.45) is 5.84 Å². The molecule has 5 heteroatoms. The lowest BCUT2D eigenvalue weighted by molar-refractivity contribution is -0.135. The molecule has 0 aliphatic carbocycles. The van der Waals surface area contributed by atoms with E-state index in [4.69, 9.17) is 15.7 Å². The summed E-state index contributed by atoms with van der Waals surface area (Å²) >= 11 is 0. The molecule has 4 N–H and O–H groups in total. The van der Waals surface area contributed by atoms with Gasteiger partial charge in [0.2, 0.25) is 0 Å². The highest BCUT2D eigenvalue weighted by Crippen LogP contribution is 2.13. The summed E-state index contributed by atoms with van der Waals surface area (Å²) in [7, 11) is 0. The summed E-state index contributed by atoms with van der Waals surface area (Å²) in [6.07, 6.45) is 0.640. The van der Waals surface area contributed by atoms with Crippen molar-refractivity contribution in [2.75, 3.05) is 13.2 Å². The van der Waals surface area contributed by atoms with Crippen LogP contribution in [0.2, 0.25) is 0 Å². The van der Waals surface area contributed by atoms with Crippen molar-refractivity contribution in [1.82, 2.24) is 5.43 Å². The van der Waals surface area contributed by atoms with Gasteiger partial charge in [-0.15, -0.1) is 0 Å². The number of carbonyl (C=O) groups excluding carboxylic acids is 1. The highest BCUT2D eigenvalue weighted by molar-refractivity contribution is 5.76. The average molecular weight is 176 g/mol. The molecule has 0 aliphatic heterocycles. The van der Waals surface area contributed by atoms with Gasteiger partial charge in [0.05, 0.1) is 12.2 Å². The molecule has 0 aromatic rings. The molecular weight excluding hydrogens is 160 g/mol. The largest absolute Gasteiger partial charge is 0.393 e. The van der Waals surface area contributed by atoms with Gasteiger partial charge in [-0.25, -0.2) is 5.84 Å². The monoisotopic (exact) mass is 176 g/mol. The van der Waals surface area contributed by atoms with Crippen LogP contribution in [-0.4, -0.2) is 29.8 Å². The zero-order valence-corrected chi connectivity index (χ0v) is 7.46. The smallest absolute Gasteiger partial charge is 0.259 e. The van der Waals surface area contributed by atoms with Crippen LogP contribution in [-0.2, 0) is 9.53 Å². The molecule has 0 aromatic carbocycles. The Morgan fingerprint density at radius 2 is 2.33 bits per heavy atom. The van der Waals surface area contributed by atoms with Crippen molar-refractivity contribution in [3.8, 4) is 0 Å². The molecule has 0 saturated carbocycles. The molecule has 1 atom stereocenters. The van der Waals surface area contributed by atoms with E-state index < -0.39 is 11.5 Å². The van der Waals surface area contributed by atoms with Crippen molar-refractivity contribution < 1.29 is 14.6 Å². The number of aliphatic hydroxyl groups is 1. The molecule has 12 heavy (non-hydrogen) atoms. The second-order valence-electron chi connectivity index (χ2n) is 2.82. The van der Waals surface area contributed by atoms with Crippen LogP contribution in [0.5, 0.6) is 0 Å². The lowest BCUT2D eigenvalue weighted by Gasteiger charge is -2.25. The van der Waals surface area contributed by atoms with Gasteiger partial charge in [-0.1, -0.05) is 6.92 Å². The topological polar surface area (TPSA) is 84.6 Å². The van der Waals surface area contributed by atoms with Crippen molar-refractivity contribution in [2.45, 2.75) is 25.9 Å². The minimum atomic E-state index is -0.646. The van der Waals surface area contributed by atoms with Gasteiger partial charge >= 0.3 is 0 Å². The van der Waals surface area contributed by atoms with Gasteiger partial charge in [0, 0.05) is 0 Å². The van der Waals surface area contributed by atoms with Gasteiger partial charge in [0.15, 0.2) is 0 Å². The number of rotatable bonds is 5. The highest BCUT2D eigenvalue weighted by Gasteiger charge is 2.22. The molecule has 5 nitrogen and oxygen atoms in total. The molecule has 0 spiro atoms. The molecule has 1 unspecified atom stereocenters. The highest BCUT2D eigenvalue weighted by atomic mass is 16.5. The molecule has 0 heterocycles. The maximum Gasteiger partial charge on any atom is 0.259 e. The van der Waals surface area contributed by atoms with Crippen LogP contribution < -0.4 is 11.3 Å². The quantitative estimate of drug-likeness (QED) is 0.289. The van der Waals surface area contributed by atoms with Crippen molar-refractivity contribution in [3.63, 3.8) is 0 Å². The van der Waals surface area contributed by atoms with Crippen LogP contribution in [0.1, 0.15) is 20.3 Å². The Balaban J connectivity index is 3.80. The fourth-order valence-corrected chi connectivity index (χ4v) is 0.541. The Labute approximate surface area is 71.9 Å². The van der Waals surface area contributed by atoms with Crippen LogP contribution in [0.4, 0.5) is 0 Å². The Morgan fingerprint density at radius 1 is 1.75 bits per heavy atom. The zero-order chi connectivity index (χ0) is 9.61. The number of nitrogens with one attached hydrogen (secondary N) is 1. The van der Waals surface area contributed by atoms with Gasteiger partial charge in [0.25, 0.3) is 5.91 Å². The van der Waals surface area contributed by atoms with E-state index in [1.807, 2.05) is 12.3 Å². The minimum absolute atomic E-state index is 0.110. The number of hydrazine groups is 1. The van der Waals surface area contributed by atoms with Gasteiger partial charge in [-0.2, -0.15) is 0 Å². The van der Waals surface area contributed by atoms with Crippen LogP contribution in [0.15, 0.2) is 0 Å². The maximum atomic E-state index is 10.6. The Morgan fingerprint density at radius 3 is 2.67 bits per heavy atom. The molecule has 72 valence electrons. The van der Waals surface area contributed by atoms with E-state index in [0.29, 0.717) is 6.42 Å². The van der Waals surface area contributed by atoms with Gasteiger partial charge in [-0.05, 0) is 13.3 Å². The minimum Gasteiger partial charge on any atom is -0.393 e. The van der Waals surface area contributed by atoms with E-state index in [9.17, 15) is 4.79 Å². The van der Waals surface area contributed by atoms with Crippen molar-refractivity contribution >= 4 is 5.91 Å². The number of carbonyl (C=O) groups is 1. The van der Waals surface area contributed by atoms with E-state index in [1.165, 1.54) is 0 Å². The third-order valence-corrected chi connectivity index (χ3v) is 1.80. The second-order valence-corrected chi connectivity index (χ2v) is 2.82. The molecular formula is C7H16N2O3. The number of aliphatic hydroxyl groups excluding tert-OH is 1. The first-order chi connectivity index (χ1) is 5.58. The molecule has 1 amide bonds. The maximum absolute atomic E-state index is 10.6. The van der Waals surface area contributed by atoms with Crippen LogP contribution >= 0.6 is 0 Å². The molecule has 0 aliphatic rings. The zero-order valence-electron chi connectivity index (χ0n) is 7.46. The summed E-state index contributed by atoms with van der Waals surface area (Å²) in [5.74, 6) is 4.44. The predicted molar refractivity (Wildman–Crippen MR) is 44.1 cm³/mol. The van der Waals surface area contributed by atoms with E-state index in [1.54, 1.807) is 6.92 Å². The molecule has 0 aromatic heterocycles. The standard InChI is InChI=1S/C7H16N2O3/c1-3-7(2,5-10)12-4-6(11)9-8/h10H,3-5,8H2,1-2H3,(H,9,11). The number of nitrogens with two attached hydrogens (primary N) is 1. The third kappa shape index (κ3) is 3.66. The molecule has 0 radical (unpaired) electrons. The summed E-state index contributed by atoms with van der Waals surface area (Å²) in [5, 5.41) is 8.88. The van der Waals surface area contributed by atoms with E-state index in [-0.39, 0.29) is 13.2 Å². The summed E-state index contributed by atoms with van der Waals surface area (Å²) in [4.78, 5) is 10.6. The van der Waals surface area contributed by atoms with E-state index >= 15 is 0 Å². The third-order valence-electron chi connectivity index (χ3n) is 1.80. The summed E-state index contributed by atoms with van der Waals surface area (Å²) in [6.45, 7) is 3.37. The summed E-state index contributed by atoms with van der Waals surface area (Å²) in [5.41, 5.74) is 1.29.